The Labute approximate surface area is 223 Å². The standard InChI is InChI=1S/C28H37N7O3/c1-29-27(36)30-20-9-7-18(8-10-20)25-32-24-17-34(28(37)31-19-5-3-2-4-6-19)14-13-23(24)26(33-25)35-15-21-11-12-22(16-35)38-21/h7-10,19,21-22H,2-6,11-17H2,1H3,(H,31,37)(H2,29,30,36). The quantitative estimate of drug-likeness (QED) is 0.569. The van der Waals surface area contributed by atoms with Crippen molar-refractivity contribution in [1.82, 2.24) is 25.5 Å². The molecule has 2 aromatic rings. The molecule has 3 N–H and O–H groups in total. The van der Waals surface area contributed by atoms with Crippen molar-refractivity contribution in [2.45, 2.75) is 76.2 Å². The molecule has 10 heteroatoms. The van der Waals surface area contributed by atoms with Crippen LogP contribution in [-0.2, 0) is 17.7 Å². The van der Waals surface area contributed by atoms with Gasteiger partial charge in [-0.1, -0.05) is 19.3 Å². The third kappa shape index (κ3) is 5.27. The average molecular weight is 520 g/mol. The predicted octanol–water partition coefficient (Wildman–Crippen LogP) is 3.66. The molecule has 2 saturated heterocycles. The van der Waals surface area contributed by atoms with Crippen molar-refractivity contribution in [2.24, 2.45) is 0 Å². The summed E-state index contributed by atoms with van der Waals surface area (Å²) >= 11 is 0. The number of aromatic nitrogens is 2. The van der Waals surface area contributed by atoms with Gasteiger partial charge in [0.1, 0.15) is 5.82 Å². The van der Waals surface area contributed by atoms with Gasteiger partial charge < -0.3 is 30.5 Å². The molecule has 10 nitrogen and oxygen atoms in total. The Balaban J connectivity index is 1.28. The molecule has 2 atom stereocenters. The summed E-state index contributed by atoms with van der Waals surface area (Å²) in [6.45, 7) is 2.81. The Bertz CT molecular complexity index is 1170. The molecule has 1 aromatic heterocycles. The molecule has 0 spiro atoms. The first-order chi connectivity index (χ1) is 18.6. The summed E-state index contributed by atoms with van der Waals surface area (Å²) in [5.74, 6) is 1.61. The van der Waals surface area contributed by atoms with E-state index in [0.29, 0.717) is 24.6 Å². The highest BCUT2D eigenvalue weighted by Crippen LogP contribution is 2.34. The van der Waals surface area contributed by atoms with Gasteiger partial charge in [0, 0.05) is 49.5 Å². The monoisotopic (exact) mass is 519 g/mol. The first kappa shape index (κ1) is 24.9. The Kier molecular flexibility index (Phi) is 7.06. The molecule has 1 saturated carbocycles. The molecule has 1 aliphatic carbocycles. The molecular formula is C28H37N7O3. The van der Waals surface area contributed by atoms with E-state index in [1.807, 2.05) is 29.2 Å². The van der Waals surface area contributed by atoms with Gasteiger partial charge in [-0.15, -0.1) is 0 Å². The maximum atomic E-state index is 13.2. The number of nitrogens with zero attached hydrogens (tertiary/aromatic N) is 4. The number of ether oxygens (including phenoxy) is 1. The molecule has 0 radical (unpaired) electrons. The van der Waals surface area contributed by atoms with Crippen LogP contribution in [0.15, 0.2) is 24.3 Å². The Morgan fingerprint density at radius 1 is 0.974 bits per heavy atom. The summed E-state index contributed by atoms with van der Waals surface area (Å²) in [7, 11) is 1.59. The van der Waals surface area contributed by atoms with Crippen molar-refractivity contribution >= 4 is 23.6 Å². The minimum absolute atomic E-state index is 0.0123. The second-order valence-electron chi connectivity index (χ2n) is 10.9. The fourth-order valence-electron chi connectivity index (χ4n) is 6.17. The topological polar surface area (TPSA) is 112 Å². The highest BCUT2D eigenvalue weighted by molar-refractivity contribution is 5.89. The normalized spacial score (nSPS) is 23.1. The first-order valence-electron chi connectivity index (χ1n) is 14.0. The smallest absolute Gasteiger partial charge is 0.318 e. The number of fused-ring (bicyclic) bond motifs is 3. The lowest BCUT2D eigenvalue weighted by molar-refractivity contribution is 0.0301. The van der Waals surface area contributed by atoms with Crippen molar-refractivity contribution in [1.29, 1.82) is 0 Å². The largest absolute Gasteiger partial charge is 0.371 e. The Morgan fingerprint density at radius 3 is 2.42 bits per heavy atom. The molecule has 2 unspecified atom stereocenters. The van der Waals surface area contributed by atoms with Gasteiger partial charge in [-0.25, -0.2) is 19.6 Å². The third-order valence-electron chi connectivity index (χ3n) is 8.23. The summed E-state index contributed by atoms with van der Waals surface area (Å²) in [5, 5.41) is 8.62. The minimum atomic E-state index is -0.265. The Morgan fingerprint density at radius 2 is 1.71 bits per heavy atom. The number of rotatable bonds is 4. The number of nitrogens with one attached hydrogen (secondary N) is 3. The molecule has 202 valence electrons. The number of benzene rings is 1. The predicted molar refractivity (Wildman–Crippen MR) is 145 cm³/mol. The summed E-state index contributed by atoms with van der Waals surface area (Å²) in [4.78, 5) is 39.2. The molecule has 4 heterocycles. The summed E-state index contributed by atoms with van der Waals surface area (Å²) < 4.78 is 6.10. The summed E-state index contributed by atoms with van der Waals surface area (Å²) in [6, 6.07) is 7.58. The zero-order valence-corrected chi connectivity index (χ0v) is 22.0. The second-order valence-corrected chi connectivity index (χ2v) is 10.9. The van der Waals surface area contributed by atoms with Crippen molar-refractivity contribution < 1.29 is 14.3 Å². The highest BCUT2D eigenvalue weighted by Gasteiger charge is 2.37. The maximum absolute atomic E-state index is 13.2. The van der Waals surface area contributed by atoms with E-state index < -0.39 is 0 Å². The maximum Gasteiger partial charge on any atom is 0.318 e. The van der Waals surface area contributed by atoms with Gasteiger partial charge in [-0.05, 0) is 56.4 Å². The number of carbonyl (C=O) groups is 2. The number of amides is 4. The molecule has 3 fully saturated rings. The molecule has 1 aromatic carbocycles. The molecule has 38 heavy (non-hydrogen) atoms. The van der Waals surface area contributed by atoms with E-state index in [2.05, 4.69) is 20.9 Å². The summed E-state index contributed by atoms with van der Waals surface area (Å²) in [6.07, 6.45) is 9.20. The van der Waals surface area contributed by atoms with Crippen LogP contribution in [0.3, 0.4) is 0 Å². The van der Waals surface area contributed by atoms with Gasteiger partial charge in [0.05, 0.1) is 24.4 Å². The van der Waals surface area contributed by atoms with Crippen LogP contribution in [0.5, 0.6) is 0 Å². The number of hydrogen-bond acceptors (Lipinski definition) is 6. The van der Waals surface area contributed by atoms with Crippen LogP contribution in [0, 0.1) is 0 Å². The molecular weight excluding hydrogens is 482 g/mol. The second kappa shape index (κ2) is 10.8. The zero-order valence-electron chi connectivity index (χ0n) is 22.0. The van der Waals surface area contributed by atoms with Gasteiger partial charge in [-0.3, -0.25) is 0 Å². The van der Waals surface area contributed by atoms with Crippen LogP contribution in [0.2, 0.25) is 0 Å². The lowest BCUT2D eigenvalue weighted by atomic mass is 9.95. The fraction of sp³-hybridized carbons (Fsp3) is 0.571. The zero-order chi connectivity index (χ0) is 26.1. The van der Waals surface area contributed by atoms with E-state index in [1.54, 1.807) is 7.05 Å². The van der Waals surface area contributed by atoms with Gasteiger partial charge >= 0.3 is 12.1 Å². The minimum Gasteiger partial charge on any atom is -0.371 e. The van der Waals surface area contributed by atoms with Crippen LogP contribution >= 0.6 is 0 Å². The van der Waals surface area contributed by atoms with Crippen molar-refractivity contribution in [3.05, 3.63) is 35.5 Å². The third-order valence-corrected chi connectivity index (χ3v) is 8.23. The van der Waals surface area contributed by atoms with Gasteiger partial charge in [0.2, 0.25) is 0 Å². The van der Waals surface area contributed by atoms with E-state index in [0.717, 1.165) is 67.8 Å². The van der Waals surface area contributed by atoms with Crippen molar-refractivity contribution in [3.63, 3.8) is 0 Å². The van der Waals surface area contributed by atoms with Crippen LogP contribution < -0.4 is 20.9 Å². The lowest BCUT2D eigenvalue weighted by Crippen LogP contribution is -2.48. The van der Waals surface area contributed by atoms with E-state index in [9.17, 15) is 9.59 Å². The fourth-order valence-corrected chi connectivity index (χ4v) is 6.17. The van der Waals surface area contributed by atoms with Gasteiger partial charge in [-0.2, -0.15) is 0 Å². The molecule has 4 aliphatic rings. The molecule has 6 rings (SSSR count). The van der Waals surface area contributed by atoms with Crippen molar-refractivity contribution in [2.75, 3.05) is 36.9 Å². The highest BCUT2D eigenvalue weighted by atomic mass is 16.5. The SMILES string of the molecule is CNC(=O)Nc1ccc(-c2nc3c(c(N4CC5CCC(C4)O5)n2)CCN(C(=O)NC2CCCCC2)C3)cc1. The first-order valence-corrected chi connectivity index (χ1v) is 14.0. The van der Waals surface area contributed by atoms with Gasteiger partial charge in [0.15, 0.2) is 5.82 Å². The molecule has 3 aliphatic heterocycles. The van der Waals surface area contributed by atoms with Gasteiger partial charge in [0.25, 0.3) is 0 Å². The van der Waals surface area contributed by atoms with Crippen LogP contribution in [0.4, 0.5) is 21.1 Å². The lowest BCUT2D eigenvalue weighted by Gasteiger charge is -2.37. The molecule has 2 bridgehead atoms. The van der Waals surface area contributed by atoms with E-state index >= 15 is 0 Å². The Hall–Kier alpha value is -3.40. The van der Waals surface area contributed by atoms with Crippen LogP contribution in [0.1, 0.15) is 56.2 Å². The summed E-state index contributed by atoms with van der Waals surface area (Å²) in [5.41, 5.74) is 3.63. The van der Waals surface area contributed by atoms with E-state index in [4.69, 9.17) is 14.7 Å². The van der Waals surface area contributed by atoms with Crippen LogP contribution in [0.25, 0.3) is 11.4 Å². The number of hydrogen-bond donors (Lipinski definition) is 3. The number of anilines is 2. The van der Waals surface area contributed by atoms with E-state index in [-0.39, 0.29) is 30.3 Å². The number of morpholine rings is 1. The van der Waals surface area contributed by atoms with E-state index in [1.165, 1.54) is 19.3 Å². The number of carbonyl (C=O) groups excluding carboxylic acids is 2. The van der Waals surface area contributed by atoms with Crippen molar-refractivity contribution in [3.8, 4) is 11.4 Å². The molecule has 4 amide bonds. The van der Waals surface area contributed by atoms with Crippen LogP contribution in [-0.4, -0.2) is 71.9 Å². The average Bonchev–Trinajstić information content (AvgIpc) is 3.29. The number of urea groups is 2.